The van der Waals surface area contributed by atoms with Crippen molar-refractivity contribution in [3.05, 3.63) is 74.7 Å². The van der Waals surface area contributed by atoms with E-state index in [1.807, 2.05) is 6.92 Å². The van der Waals surface area contributed by atoms with Crippen LogP contribution in [0.15, 0.2) is 53.5 Å². The van der Waals surface area contributed by atoms with Gasteiger partial charge in [-0.1, -0.05) is 18.2 Å². The van der Waals surface area contributed by atoms with E-state index in [0.29, 0.717) is 11.3 Å². The van der Waals surface area contributed by atoms with Crippen LogP contribution in [0.3, 0.4) is 0 Å². The van der Waals surface area contributed by atoms with Gasteiger partial charge in [0.2, 0.25) is 0 Å². The van der Waals surface area contributed by atoms with Crippen molar-refractivity contribution in [2.45, 2.75) is 6.92 Å². The number of non-ortho nitro benzene ring substituents is 1. The van der Waals surface area contributed by atoms with E-state index in [0.717, 1.165) is 0 Å². The Kier molecular flexibility index (Phi) is 3.56. The standard InChI is InChI=1S/C14H12N2O3/c1-2-5-11-10-12(16(18)19)7-8-13(11)15-9-4-3-6-14(15)17/h2-10H,1H3/b5-2+. The van der Waals surface area contributed by atoms with Crippen molar-refractivity contribution in [1.29, 1.82) is 0 Å². The molecule has 0 unspecified atom stereocenters. The lowest BCUT2D eigenvalue weighted by atomic mass is 10.1. The second-order valence-electron chi connectivity index (χ2n) is 3.91. The summed E-state index contributed by atoms with van der Waals surface area (Å²) in [6.07, 6.45) is 5.15. The van der Waals surface area contributed by atoms with Gasteiger partial charge < -0.3 is 0 Å². The lowest BCUT2D eigenvalue weighted by molar-refractivity contribution is -0.384. The monoisotopic (exact) mass is 256 g/mol. The van der Waals surface area contributed by atoms with Gasteiger partial charge in [0.05, 0.1) is 10.6 Å². The molecule has 1 aromatic carbocycles. The molecule has 0 aliphatic heterocycles. The molecule has 2 aromatic rings. The average Bonchev–Trinajstić information content (AvgIpc) is 2.40. The number of nitro groups is 1. The number of rotatable bonds is 3. The van der Waals surface area contributed by atoms with E-state index in [2.05, 4.69) is 0 Å². The summed E-state index contributed by atoms with van der Waals surface area (Å²) in [4.78, 5) is 22.1. The van der Waals surface area contributed by atoms with Crippen LogP contribution < -0.4 is 5.56 Å². The summed E-state index contributed by atoms with van der Waals surface area (Å²) >= 11 is 0. The van der Waals surface area contributed by atoms with Crippen molar-refractivity contribution in [3.8, 4) is 5.69 Å². The molecular weight excluding hydrogens is 244 g/mol. The lowest BCUT2D eigenvalue weighted by Gasteiger charge is -2.08. The first-order valence-corrected chi connectivity index (χ1v) is 5.72. The second-order valence-corrected chi connectivity index (χ2v) is 3.91. The van der Waals surface area contributed by atoms with Crippen molar-refractivity contribution in [2.24, 2.45) is 0 Å². The summed E-state index contributed by atoms with van der Waals surface area (Å²) < 4.78 is 1.46. The largest absolute Gasteiger partial charge is 0.284 e. The zero-order chi connectivity index (χ0) is 13.8. The Morgan fingerprint density at radius 1 is 1.26 bits per heavy atom. The predicted octanol–water partition coefficient (Wildman–Crippen LogP) is 2.78. The Hall–Kier alpha value is -2.69. The highest BCUT2D eigenvalue weighted by atomic mass is 16.6. The summed E-state index contributed by atoms with van der Waals surface area (Å²) in [5.41, 5.74) is 1.07. The van der Waals surface area contributed by atoms with Gasteiger partial charge in [-0.15, -0.1) is 0 Å². The Bertz CT molecular complexity index is 702. The van der Waals surface area contributed by atoms with Crippen LogP contribution in [0.2, 0.25) is 0 Å². The Labute approximate surface area is 109 Å². The molecule has 96 valence electrons. The third-order valence-corrected chi connectivity index (χ3v) is 2.65. The van der Waals surface area contributed by atoms with E-state index >= 15 is 0 Å². The van der Waals surface area contributed by atoms with Crippen LogP contribution in [0, 0.1) is 10.1 Å². The van der Waals surface area contributed by atoms with Crippen LogP contribution >= 0.6 is 0 Å². The molecule has 2 rings (SSSR count). The molecule has 1 heterocycles. The highest BCUT2D eigenvalue weighted by Gasteiger charge is 2.10. The minimum absolute atomic E-state index is 0.000769. The van der Waals surface area contributed by atoms with Gasteiger partial charge >= 0.3 is 0 Å². The topological polar surface area (TPSA) is 65.1 Å². The molecule has 5 heteroatoms. The number of nitro benzene ring substituents is 1. The molecule has 0 fully saturated rings. The first kappa shape index (κ1) is 12.8. The molecule has 0 N–H and O–H groups in total. The minimum Gasteiger partial charge on any atom is -0.284 e. The van der Waals surface area contributed by atoms with Crippen molar-refractivity contribution in [3.63, 3.8) is 0 Å². The molecule has 0 aliphatic rings. The third-order valence-electron chi connectivity index (χ3n) is 2.65. The van der Waals surface area contributed by atoms with Crippen LogP contribution in [-0.4, -0.2) is 9.49 Å². The van der Waals surface area contributed by atoms with E-state index in [1.165, 1.54) is 22.8 Å². The molecule has 0 saturated heterocycles. The number of benzene rings is 1. The average molecular weight is 256 g/mol. The van der Waals surface area contributed by atoms with Crippen molar-refractivity contribution < 1.29 is 4.92 Å². The molecule has 0 saturated carbocycles. The SMILES string of the molecule is C/C=C/c1cc([N+](=O)[O-])ccc1-n1ccccc1=O. The first-order chi connectivity index (χ1) is 9.13. The van der Waals surface area contributed by atoms with Gasteiger partial charge in [0, 0.05) is 30.0 Å². The Balaban J connectivity index is 2.67. The number of allylic oxidation sites excluding steroid dienone is 1. The van der Waals surface area contributed by atoms with Gasteiger partial charge in [-0.05, 0) is 19.1 Å². The number of aromatic nitrogens is 1. The zero-order valence-corrected chi connectivity index (χ0v) is 10.3. The number of nitrogens with zero attached hydrogens (tertiary/aromatic N) is 2. The van der Waals surface area contributed by atoms with Gasteiger partial charge in [0.1, 0.15) is 0 Å². The highest BCUT2D eigenvalue weighted by Crippen LogP contribution is 2.21. The smallest absolute Gasteiger partial charge is 0.270 e. The summed E-state index contributed by atoms with van der Waals surface area (Å²) in [5.74, 6) is 0. The number of hydrogen-bond donors (Lipinski definition) is 0. The lowest BCUT2D eigenvalue weighted by Crippen LogP contribution is -2.16. The van der Waals surface area contributed by atoms with Gasteiger partial charge in [-0.2, -0.15) is 0 Å². The molecule has 5 nitrogen and oxygen atoms in total. The highest BCUT2D eigenvalue weighted by molar-refractivity contribution is 5.63. The Morgan fingerprint density at radius 3 is 2.68 bits per heavy atom. The normalized spacial score (nSPS) is 10.8. The van der Waals surface area contributed by atoms with Gasteiger partial charge in [0.25, 0.3) is 11.2 Å². The van der Waals surface area contributed by atoms with Crippen LogP contribution in [-0.2, 0) is 0 Å². The molecule has 0 bridgehead atoms. The molecule has 0 radical (unpaired) electrons. The van der Waals surface area contributed by atoms with E-state index < -0.39 is 4.92 Å². The van der Waals surface area contributed by atoms with E-state index in [4.69, 9.17) is 0 Å². The Morgan fingerprint density at radius 2 is 2.05 bits per heavy atom. The second kappa shape index (κ2) is 5.30. The molecule has 19 heavy (non-hydrogen) atoms. The molecule has 0 aliphatic carbocycles. The van der Waals surface area contributed by atoms with Crippen molar-refractivity contribution in [2.75, 3.05) is 0 Å². The maximum Gasteiger partial charge on any atom is 0.270 e. The van der Waals surface area contributed by atoms with E-state index in [1.54, 1.807) is 36.5 Å². The molecule has 0 amide bonds. The quantitative estimate of drug-likeness (QED) is 0.626. The van der Waals surface area contributed by atoms with E-state index in [-0.39, 0.29) is 11.2 Å². The summed E-state index contributed by atoms with van der Waals surface area (Å²) in [7, 11) is 0. The zero-order valence-electron chi connectivity index (χ0n) is 10.3. The minimum atomic E-state index is -0.454. The fourth-order valence-corrected chi connectivity index (χ4v) is 1.81. The predicted molar refractivity (Wildman–Crippen MR) is 73.4 cm³/mol. The summed E-state index contributed by atoms with van der Waals surface area (Å²) in [6.45, 7) is 1.82. The number of pyridine rings is 1. The van der Waals surface area contributed by atoms with Crippen LogP contribution in [0.25, 0.3) is 11.8 Å². The van der Waals surface area contributed by atoms with Gasteiger partial charge in [0.15, 0.2) is 0 Å². The van der Waals surface area contributed by atoms with Gasteiger partial charge in [-0.3, -0.25) is 19.5 Å². The first-order valence-electron chi connectivity index (χ1n) is 5.72. The molecular formula is C14H12N2O3. The molecule has 0 atom stereocenters. The van der Waals surface area contributed by atoms with Crippen molar-refractivity contribution in [1.82, 2.24) is 4.57 Å². The summed E-state index contributed by atoms with van der Waals surface area (Å²) in [5, 5.41) is 10.8. The van der Waals surface area contributed by atoms with Crippen LogP contribution in [0.4, 0.5) is 5.69 Å². The van der Waals surface area contributed by atoms with E-state index in [9.17, 15) is 14.9 Å². The number of hydrogen-bond acceptors (Lipinski definition) is 3. The fourth-order valence-electron chi connectivity index (χ4n) is 1.81. The van der Waals surface area contributed by atoms with Crippen LogP contribution in [0.5, 0.6) is 0 Å². The molecule has 0 spiro atoms. The maximum atomic E-state index is 11.8. The molecule has 1 aromatic heterocycles. The summed E-state index contributed by atoms with van der Waals surface area (Å²) in [6, 6.07) is 9.26. The van der Waals surface area contributed by atoms with Crippen LogP contribution in [0.1, 0.15) is 12.5 Å². The fraction of sp³-hybridized carbons (Fsp3) is 0.0714. The van der Waals surface area contributed by atoms with Gasteiger partial charge in [-0.25, -0.2) is 0 Å². The maximum absolute atomic E-state index is 11.8. The third kappa shape index (κ3) is 2.60. The van der Waals surface area contributed by atoms with Crippen molar-refractivity contribution >= 4 is 11.8 Å².